The molecule has 1 spiro atoms. The SMILES string of the molecule is O=C1c2ccccc2C(Cc2nn(C3CC4(COC4)C3)cc2Cl)N1Cc1ccc2n[nH]nc2c1. The molecule has 4 heterocycles. The Morgan fingerprint density at radius 2 is 1.94 bits per heavy atom. The van der Waals surface area contributed by atoms with Crippen LogP contribution < -0.4 is 0 Å². The molecule has 1 saturated carbocycles. The third kappa shape index (κ3) is 3.09. The molecule has 7 rings (SSSR count). The summed E-state index contributed by atoms with van der Waals surface area (Å²) in [5.74, 6) is 0.0299. The van der Waals surface area contributed by atoms with E-state index in [9.17, 15) is 4.79 Å². The minimum atomic E-state index is -0.134. The van der Waals surface area contributed by atoms with Crippen LogP contribution >= 0.6 is 11.6 Å². The number of H-pyrrole nitrogens is 1. The van der Waals surface area contributed by atoms with Gasteiger partial charge in [0.25, 0.3) is 5.91 Å². The minimum Gasteiger partial charge on any atom is -0.380 e. The van der Waals surface area contributed by atoms with Crippen molar-refractivity contribution in [3.63, 3.8) is 0 Å². The van der Waals surface area contributed by atoms with Crippen LogP contribution in [0.5, 0.6) is 0 Å². The zero-order valence-corrected chi connectivity index (χ0v) is 19.2. The third-order valence-corrected chi connectivity index (χ3v) is 7.91. The summed E-state index contributed by atoms with van der Waals surface area (Å²) in [6, 6.07) is 14.0. The summed E-state index contributed by atoms with van der Waals surface area (Å²) in [5.41, 5.74) is 5.56. The molecule has 2 aromatic carbocycles. The number of carbonyl (C=O) groups excluding carboxylic acids is 1. The molecule has 2 aromatic heterocycles. The lowest BCUT2D eigenvalue weighted by Gasteiger charge is -2.53. The molecule has 8 nitrogen and oxygen atoms in total. The number of ether oxygens (including phenoxy) is 1. The zero-order valence-electron chi connectivity index (χ0n) is 18.4. The fourth-order valence-electron chi connectivity index (χ4n) is 5.70. The maximum Gasteiger partial charge on any atom is 0.255 e. The van der Waals surface area contributed by atoms with Crippen LogP contribution in [0.4, 0.5) is 0 Å². The fourth-order valence-corrected chi connectivity index (χ4v) is 5.91. The fraction of sp³-hybridized carbons (Fsp3) is 0.360. The van der Waals surface area contributed by atoms with E-state index in [4.69, 9.17) is 21.4 Å². The lowest BCUT2D eigenvalue weighted by molar-refractivity contribution is -0.176. The van der Waals surface area contributed by atoms with E-state index in [1.54, 1.807) is 0 Å². The first-order valence-electron chi connectivity index (χ1n) is 11.6. The molecule has 3 aliphatic rings. The van der Waals surface area contributed by atoms with Gasteiger partial charge in [0, 0.05) is 30.1 Å². The van der Waals surface area contributed by atoms with Crippen molar-refractivity contribution in [3.05, 3.63) is 76.1 Å². The topological polar surface area (TPSA) is 88.9 Å². The number of carbonyl (C=O) groups is 1. The van der Waals surface area contributed by atoms with Gasteiger partial charge in [-0.05, 0) is 42.2 Å². The first-order chi connectivity index (χ1) is 16.6. The standard InChI is InChI=1S/C25H23ClN6O2/c26-19-12-32(16-9-25(10-16)13-34-14-25)29-21(19)8-23-17-3-1-2-4-18(17)24(33)31(23)11-15-5-6-20-22(7-15)28-30-27-20/h1-7,12,16,23H,8-11,13-14H2,(H,27,28,30). The molecule has 34 heavy (non-hydrogen) atoms. The van der Waals surface area contributed by atoms with E-state index in [0.717, 1.165) is 59.5 Å². The molecular formula is C25H23ClN6O2. The summed E-state index contributed by atoms with van der Waals surface area (Å²) in [6.45, 7) is 2.20. The number of hydrogen-bond acceptors (Lipinski definition) is 5. The molecule has 0 bridgehead atoms. The van der Waals surface area contributed by atoms with Crippen LogP contribution in [0.25, 0.3) is 11.0 Å². The smallest absolute Gasteiger partial charge is 0.255 e. The molecule has 172 valence electrons. The molecule has 1 saturated heterocycles. The van der Waals surface area contributed by atoms with E-state index >= 15 is 0 Å². The predicted molar refractivity (Wildman–Crippen MR) is 125 cm³/mol. The Bertz CT molecular complexity index is 1420. The molecule has 2 fully saturated rings. The van der Waals surface area contributed by atoms with Gasteiger partial charge in [-0.2, -0.15) is 20.5 Å². The number of amides is 1. The zero-order chi connectivity index (χ0) is 22.9. The molecule has 9 heteroatoms. The van der Waals surface area contributed by atoms with Crippen molar-refractivity contribution in [2.45, 2.75) is 37.9 Å². The van der Waals surface area contributed by atoms with Crippen LogP contribution in [0.3, 0.4) is 0 Å². The highest BCUT2D eigenvalue weighted by Crippen LogP contribution is 2.53. The summed E-state index contributed by atoms with van der Waals surface area (Å²) in [4.78, 5) is 15.3. The average Bonchev–Trinajstić information content (AvgIpc) is 3.45. The van der Waals surface area contributed by atoms with E-state index in [-0.39, 0.29) is 11.9 Å². The molecular weight excluding hydrogens is 452 g/mol. The van der Waals surface area contributed by atoms with Crippen LogP contribution in [0, 0.1) is 5.41 Å². The highest BCUT2D eigenvalue weighted by atomic mass is 35.5. The quantitative estimate of drug-likeness (QED) is 0.470. The minimum absolute atomic E-state index is 0.0299. The molecule has 1 N–H and O–H groups in total. The molecule has 1 unspecified atom stereocenters. The van der Waals surface area contributed by atoms with Gasteiger partial charge in [0.1, 0.15) is 11.0 Å². The Labute approximate surface area is 200 Å². The summed E-state index contributed by atoms with van der Waals surface area (Å²) >= 11 is 6.66. The van der Waals surface area contributed by atoms with Gasteiger partial charge in [0.2, 0.25) is 0 Å². The summed E-state index contributed by atoms with van der Waals surface area (Å²) in [5, 5.41) is 16.5. The van der Waals surface area contributed by atoms with Gasteiger partial charge in [-0.3, -0.25) is 9.48 Å². The third-order valence-electron chi connectivity index (χ3n) is 7.59. The second kappa shape index (κ2) is 7.38. The van der Waals surface area contributed by atoms with Gasteiger partial charge >= 0.3 is 0 Å². The highest BCUT2D eigenvalue weighted by molar-refractivity contribution is 6.31. The van der Waals surface area contributed by atoms with Crippen molar-refractivity contribution >= 4 is 28.5 Å². The van der Waals surface area contributed by atoms with Crippen LogP contribution in [0.15, 0.2) is 48.7 Å². The van der Waals surface area contributed by atoms with Crippen molar-refractivity contribution in [3.8, 4) is 0 Å². The molecule has 1 aliphatic carbocycles. The van der Waals surface area contributed by atoms with E-state index in [2.05, 4.69) is 15.4 Å². The van der Waals surface area contributed by atoms with Crippen LogP contribution in [0.1, 0.15) is 52.1 Å². The molecule has 1 amide bonds. The maximum absolute atomic E-state index is 13.4. The summed E-state index contributed by atoms with van der Waals surface area (Å²) < 4.78 is 7.42. The van der Waals surface area contributed by atoms with Crippen molar-refractivity contribution in [1.82, 2.24) is 30.1 Å². The van der Waals surface area contributed by atoms with E-state index in [1.807, 2.05) is 58.2 Å². The number of fused-ring (bicyclic) bond motifs is 2. The summed E-state index contributed by atoms with van der Waals surface area (Å²) in [7, 11) is 0. The van der Waals surface area contributed by atoms with E-state index in [1.165, 1.54) is 0 Å². The van der Waals surface area contributed by atoms with Gasteiger partial charge in [0.15, 0.2) is 0 Å². The number of benzene rings is 2. The number of hydrogen-bond donors (Lipinski definition) is 1. The van der Waals surface area contributed by atoms with Crippen molar-refractivity contribution in [2.75, 3.05) is 13.2 Å². The second-order valence-electron chi connectivity index (χ2n) is 9.85. The maximum atomic E-state index is 13.4. The second-order valence-corrected chi connectivity index (χ2v) is 10.3. The Morgan fingerprint density at radius 3 is 2.76 bits per heavy atom. The number of nitrogens with one attached hydrogen (secondary N) is 1. The van der Waals surface area contributed by atoms with Crippen LogP contribution in [0.2, 0.25) is 5.02 Å². The lowest BCUT2D eigenvalue weighted by Crippen LogP contribution is -2.52. The van der Waals surface area contributed by atoms with Crippen LogP contribution in [-0.2, 0) is 17.7 Å². The van der Waals surface area contributed by atoms with Crippen molar-refractivity contribution < 1.29 is 9.53 Å². The first-order valence-corrected chi connectivity index (χ1v) is 12.0. The number of aromatic amines is 1. The number of rotatable bonds is 5. The number of nitrogens with zero attached hydrogens (tertiary/aromatic N) is 5. The predicted octanol–water partition coefficient (Wildman–Crippen LogP) is 4.10. The monoisotopic (exact) mass is 474 g/mol. The van der Waals surface area contributed by atoms with E-state index in [0.29, 0.717) is 29.4 Å². The van der Waals surface area contributed by atoms with Gasteiger partial charge in [0.05, 0.1) is 36.0 Å². The highest BCUT2D eigenvalue weighted by Gasteiger charge is 2.51. The molecule has 2 aliphatic heterocycles. The number of halogens is 1. The van der Waals surface area contributed by atoms with E-state index < -0.39 is 0 Å². The van der Waals surface area contributed by atoms with Gasteiger partial charge in [-0.15, -0.1) is 0 Å². The Hall–Kier alpha value is -3.23. The van der Waals surface area contributed by atoms with Gasteiger partial charge in [-0.25, -0.2) is 0 Å². The average molecular weight is 475 g/mol. The van der Waals surface area contributed by atoms with Gasteiger partial charge in [-0.1, -0.05) is 35.9 Å². The lowest BCUT2D eigenvalue weighted by atomic mass is 9.64. The largest absolute Gasteiger partial charge is 0.380 e. The Balaban J connectivity index is 1.18. The first kappa shape index (κ1) is 20.2. The Kier molecular flexibility index (Phi) is 4.38. The molecule has 4 aromatic rings. The van der Waals surface area contributed by atoms with Crippen LogP contribution in [-0.4, -0.2) is 49.2 Å². The Morgan fingerprint density at radius 1 is 1.12 bits per heavy atom. The van der Waals surface area contributed by atoms with Crippen molar-refractivity contribution in [2.24, 2.45) is 5.41 Å². The molecule has 0 radical (unpaired) electrons. The number of aromatic nitrogens is 5. The van der Waals surface area contributed by atoms with Crippen molar-refractivity contribution in [1.29, 1.82) is 0 Å². The molecule has 1 atom stereocenters. The van der Waals surface area contributed by atoms with Gasteiger partial charge < -0.3 is 9.64 Å². The summed E-state index contributed by atoms with van der Waals surface area (Å²) in [6.07, 6.45) is 4.69. The normalized spacial score (nSPS) is 21.1.